The average Bonchev–Trinajstić information content (AvgIpc) is 2.86. The molecule has 2 aromatic heterocycles. The Hall–Kier alpha value is -1.53. The van der Waals surface area contributed by atoms with Crippen LogP contribution in [0.1, 0.15) is 5.69 Å². The van der Waals surface area contributed by atoms with Crippen molar-refractivity contribution in [2.45, 2.75) is 6.42 Å². The zero-order valence-electron chi connectivity index (χ0n) is 9.71. The molecule has 0 amide bonds. The summed E-state index contributed by atoms with van der Waals surface area (Å²) in [6.07, 6.45) is 0.988. The van der Waals surface area contributed by atoms with Gasteiger partial charge in [0.1, 0.15) is 0 Å². The molecule has 6 nitrogen and oxygen atoms in total. The molecule has 1 N–H and O–H groups in total. The lowest BCUT2D eigenvalue weighted by Crippen LogP contribution is -2.44. The molecule has 3 heterocycles. The van der Waals surface area contributed by atoms with Crippen molar-refractivity contribution in [1.82, 2.24) is 30.3 Å². The van der Waals surface area contributed by atoms with Crippen molar-refractivity contribution in [2.75, 3.05) is 32.7 Å². The van der Waals surface area contributed by atoms with E-state index in [1.54, 1.807) is 0 Å². The Morgan fingerprint density at radius 3 is 3.00 bits per heavy atom. The van der Waals surface area contributed by atoms with Gasteiger partial charge in [0.2, 0.25) is 0 Å². The summed E-state index contributed by atoms with van der Waals surface area (Å²) in [5.74, 6) is 0. The van der Waals surface area contributed by atoms with Crippen LogP contribution in [0.3, 0.4) is 0 Å². The van der Waals surface area contributed by atoms with Gasteiger partial charge >= 0.3 is 0 Å². The molecule has 2 aromatic rings. The Labute approximate surface area is 99.6 Å². The highest BCUT2D eigenvalue weighted by Crippen LogP contribution is 2.05. The first-order valence-electron chi connectivity index (χ1n) is 6.02. The molecule has 0 radical (unpaired) electrons. The van der Waals surface area contributed by atoms with E-state index < -0.39 is 0 Å². The molecule has 0 saturated carbocycles. The van der Waals surface area contributed by atoms with Crippen molar-refractivity contribution in [3.8, 4) is 0 Å². The molecule has 0 aliphatic carbocycles. The third kappa shape index (κ3) is 2.27. The summed E-state index contributed by atoms with van der Waals surface area (Å²) < 4.78 is 1.82. The minimum absolute atomic E-state index is 0.822. The van der Waals surface area contributed by atoms with Crippen LogP contribution in [0.5, 0.6) is 0 Å². The molecule has 1 saturated heterocycles. The number of nitrogens with zero attached hydrogens (tertiary/aromatic N) is 5. The molecule has 0 unspecified atom stereocenters. The first-order chi connectivity index (χ1) is 8.43. The van der Waals surface area contributed by atoms with Gasteiger partial charge in [-0.2, -0.15) is 4.52 Å². The van der Waals surface area contributed by atoms with E-state index in [1.807, 2.05) is 16.6 Å². The van der Waals surface area contributed by atoms with Crippen LogP contribution < -0.4 is 5.32 Å². The van der Waals surface area contributed by atoms with Gasteiger partial charge in [-0.15, -0.1) is 5.10 Å². The summed E-state index contributed by atoms with van der Waals surface area (Å²) in [5, 5.41) is 15.0. The molecule has 1 aliphatic heterocycles. The number of pyridine rings is 1. The maximum absolute atomic E-state index is 4.01. The molecule has 1 fully saturated rings. The number of hydrogen-bond donors (Lipinski definition) is 1. The predicted molar refractivity (Wildman–Crippen MR) is 63.8 cm³/mol. The minimum atomic E-state index is 0.822. The first-order valence-corrected chi connectivity index (χ1v) is 6.02. The summed E-state index contributed by atoms with van der Waals surface area (Å²) >= 11 is 0. The minimum Gasteiger partial charge on any atom is -0.314 e. The molecule has 90 valence electrons. The lowest BCUT2D eigenvalue weighted by molar-refractivity contribution is 0.243. The number of nitrogens with one attached hydrogen (secondary N) is 1. The fourth-order valence-electron chi connectivity index (χ4n) is 2.22. The number of rotatable bonds is 3. The van der Waals surface area contributed by atoms with Crippen molar-refractivity contribution in [1.29, 1.82) is 0 Å². The van der Waals surface area contributed by atoms with Gasteiger partial charge in [0.25, 0.3) is 0 Å². The van der Waals surface area contributed by atoms with Gasteiger partial charge in [-0.3, -0.25) is 0 Å². The normalized spacial score (nSPS) is 17.6. The quantitative estimate of drug-likeness (QED) is 0.778. The van der Waals surface area contributed by atoms with Crippen LogP contribution in [-0.4, -0.2) is 57.7 Å². The lowest BCUT2D eigenvalue weighted by atomic mass is 10.2. The van der Waals surface area contributed by atoms with Crippen LogP contribution in [0.4, 0.5) is 0 Å². The number of aromatic nitrogens is 4. The monoisotopic (exact) mass is 232 g/mol. The van der Waals surface area contributed by atoms with E-state index in [0.29, 0.717) is 0 Å². The van der Waals surface area contributed by atoms with E-state index in [1.165, 1.54) is 5.69 Å². The number of tetrazole rings is 1. The maximum Gasteiger partial charge on any atom is 0.179 e. The van der Waals surface area contributed by atoms with E-state index >= 15 is 0 Å². The summed E-state index contributed by atoms with van der Waals surface area (Å²) in [5.41, 5.74) is 1.99. The van der Waals surface area contributed by atoms with Crippen LogP contribution in [0.25, 0.3) is 5.65 Å². The molecule has 0 atom stereocenters. The standard InChI is InChI=1S/C11H16N6/c1-2-10(17-11(3-1)13-14-15-17)4-7-16-8-5-12-6-9-16/h1-3,12H,4-9H2. The highest BCUT2D eigenvalue weighted by Gasteiger charge is 2.10. The summed E-state index contributed by atoms with van der Waals surface area (Å²) in [6, 6.07) is 6.03. The van der Waals surface area contributed by atoms with Gasteiger partial charge in [0.05, 0.1) is 0 Å². The largest absolute Gasteiger partial charge is 0.314 e. The van der Waals surface area contributed by atoms with Crippen molar-refractivity contribution in [2.24, 2.45) is 0 Å². The molecule has 3 rings (SSSR count). The van der Waals surface area contributed by atoms with Crippen molar-refractivity contribution in [3.05, 3.63) is 23.9 Å². The fraction of sp³-hybridized carbons (Fsp3) is 0.545. The maximum atomic E-state index is 4.01. The highest BCUT2D eigenvalue weighted by molar-refractivity contribution is 5.36. The van der Waals surface area contributed by atoms with Crippen LogP contribution in [0, 0.1) is 0 Å². The van der Waals surface area contributed by atoms with Crippen LogP contribution in [0.15, 0.2) is 18.2 Å². The Bertz CT molecular complexity index is 487. The summed E-state index contributed by atoms with van der Waals surface area (Å²) in [7, 11) is 0. The van der Waals surface area contributed by atoms with E-state index in [2.05, 4.69) is 31.8 Å². The second kappa shape index (κ2) is 4.77. The topological polar surface area (TPSA) is 58.4 Å². The number of hydrogen-bond acceptors (Lipinski definition) is 5. The fourth-order valence-corrected chi connectivity index (χ4v) is 2.22. The molecular weight excluding hydrogens is 216 g/mol. The van der Waals surface area contributed by atoms with Gasteiger partial charge in [-0.1, -0.05) is 6.07 Å². The molecule has 0 aromatic carbocycles. The summed E-state index contributed by atoms with van der Waals surface area (Å²) in [4.78, 5) is 2.47. The zero-order valence-corrected chi connectivity index (χ0v) is 9.71. The second-order valence-electron chi connectivity index (χ2n) is 4.31. The van der Waals surface area contributed by atoms with Crippen molar-refractivity contribution >= 4 is 5.65 Å². The van der Waals surface area contributed by atoms with E-state index in [0.717, 1.165) is 44.8 Å². The lowest BCUT2D eigenvalue weighted by Gasteiger charge is -2.27. The van der Waals surface area contributed by atoms with Crippen LogP contribution in [-0.2, 0) is 6.42 Å². The smallest absolute Gasteiger partial charge is 0.179 e. The molecule has 17 heavy (non-hydrogen) atoms. The van der Waals surface area contributed by atoms with Gasteiger partial charge in [0.15, 0.2) is 5.65 Å². The van der Waals surface area contributed by atoms with E-state index in [-0.39, 0.29) is 0 Å². The third-order valence-electron chi connectivity index (χ3n) is 3.19. The molecular formula is C11H16N6. The van der Waals surface area contributed by atoms with E-state index in [4.69, 9.17) is 0 Å². The third-order valence-corrected chi connectivity index (χ3v) is 3.19. The first kappa shape index (κ1) is 10.6. The number of fused-ring (bicyclic) bond motifs is 1. The Balaban J connectivity index is 1.69. The number of piperazine rings is 1. The van der Waals surface area contributed by atoms with Crippen molar-refractivity contribution in [3.63, 3.8) is 0 Å². The summed E-state index contributed by atoms with van der Waals surface area (Å²) in [6.45, 7) is 5.52. The van der Waals surface area contributed by atoms with Gasteiger partial charge < -0.3 is 10.2 Å². The molecule has 0 spiro atoms. The Kier molecular flexibility index (Phi) is 2.98. The Morgan fingerprint density at radius 2 is 2.12 bits per heavy atom. The van der Waals surface area contributed by atoms with Crippen molar-refractivity contribution < 1.29 is 0 Å². The average molecular weight is 232 g/mol. The molecule has 0 bridgehead atoms. The van der Waals surface area contributed by atoms with Gasteiger partial charge in [-0.25, -0.2) is 0 Å². The Morgan fingerprint density at radius 1 is 1.24 bits per heavy atom. The van der Waals surface area contributed by atoms with Crippen LogP contribution >= 0.6 is 0 Å². The SMILES string of the molecule is c1cc(CCN2CCNCC2)n2nnnc2c1. The van der Waals surface area contributed by atoms with Gasteiger partial charge in [-0.05, 0) is 22.6 Å². The predicted octanol–water partition coefficient (Wildman–Crippen LogP) is -0.428. The zero-order chi connectivity index (χ0) is 11.5. The van der Waals surface area contributed by atoms with Gasteiger partial charge in [0, 0.05) is 44.8 Å². The van der Waals surface area contributed by atoms with Crippen LogP contribution in [0.2, 0.25) is 0 Å². The molecule has 1 aliphatic rings. The highest BCUT2D eigenvalue weighted by atomic mass is 15.5. The molecule has 6 heteroatoms. The van der Waals surface area contributed by atoms with E-state index in [9.17, 15) is 0 Å². The second-order valence-corrected chi connectivity index (χ2v) is 4.31.